The van der Waals surface area contributed by atoms with Crippen LogP contribution in [0.4, 0.5) is 0 Å². The van der Waals surface area contributed by atoms with E-state index >= 15 is 0 Å². The van der Waals surface area contributed by atoms with Gasteiger partial charge in [0.05, 0.1) is 0 Å². The van der Waals surface area contributed by atoms with E-state index in [1.165, 1.54) is 32.4 Å². The van der Waals surface area contributed by atoms with Gasteiger partial charge in [0.25, 0.3) is 0 Å². The molecule has 0 saturated carbocycles. The molecule has 0 spiro atoms. The second-order valence-corrected chi connectivity index (χ2v) is 3.96. The fraction of sp³-hybridized carbons (Fsp3) is 0.455. The van der Waals surface area contributed by atoms with Crippen LogP contribution in [0.2, 0.25) is 0 Å². The van der Waals surface area contributed by atoms with E-state index in [1.807, 2.05) is 12.2 Å². The Hall–Kier alpha value is -0.690. The Morgan fingerprint density at radius 3 is 2.62 bits per heavy atom. The van der Waals surface area contributed by atoms with Crippen molar-refractivity contribution in [2.45, 2.75) is 19.3 Å². The van der Waals surface area contributed by atoms with E-state index in [0.717, 1.165) is 10.6 Å². The van der Waals surface area contributed by atoms with Gasteiger partial charge >= 0.3 is 0 Å². The minimum Gasteiger partial charge on any atom is -0.377 e. The molecule has 0 atom stereocenters. The normalized spacial score (nSPS) is 25.5. The molecule has 0 N–H and O–H groups in total. The van der Waals surface area contributed by atoms with Crippen LogP contribution in [0.15, 0.2) is 35.0 Å². The number of hydrogen-bond acceptors (Lipinski definition) is 1. The number of hydrogen-bond donors (Lipinski definition) is 0. The van der Waals surface area contributed by atoms with Crippen molar-refractivity contribution in [3.8, 4) is 0 Å². The van der Waals surface area contributed by atoms with Crippen LogP contribution in [-0.2, 0) is 0 Å². The average molecular weight is 196 g/mol. The first-order chi connectivity index (χ1) is 6.36. The first-order valence-corrected chi connectivity index (χ1v) is 5.24. The molecule has 1 saturated heterocycles. The van der Waals surface area contributed by atoms with Crippen LogP contribution in [0.5, 0.6) is 0 Å². The number of piperidine rings is 1. The SMILES string of the molecule is ClC1=CC=CC1=CN1CCCCC1. The molecule has 0 aromatic rings. The molecule has 1 nitrogen and oxygen atoms in total. The first kappa shape index (κ1) is 8.89. The van der Waals surface area contributed by atoms with Gasteiger partial charge in [0.2, 0.25) is 0 Å². The highest BCUT2D eigenvalue weighted by Gasteiger charge is 2.09. The zero-order valence-electron chi connectivity index (χ0n) is 7.67. The van der Waals surface area contributed by atoms with Crippen LogP contribution in [0, 0.1) is 0 Å². The summed E-state index contributed by atoms with van der Waals surface area (Å²) in [6.45, 7) is 2.36. The van der Waals surface area contributed by atoms with E-state index in [1.54, 1.807) is 0 Å². The van der Waals surface area contributed by atoms with E-state index in [-0.39, 0.29) is 0 Å². The van der Waals surface area contributed by atoms with E-state index < -0.39 is 0 Å². The molecule has 1 fully saturated rings. The highest BCUT2D eigenvalue weighted by atomic mass is 35.5. The van der Waals surface area contributed by atoms with E-state index in [4.69, 9.17) is 11.6 Å². The van der Waals surface area contributed by atoms with Gasteiger partial charge in [0.15, 0.2) is 0 Å². The summed E-state index contributed by atoms with van der Waals surface area (Å²) in [7, 11) is 0. The van der Waals surface area contributed by atoms with Crippen molar-refractivity contribution in [3.05, 3.63) is 35.0 Å². The number of halogens is 1. The summed E-state index contributed by atoms with van der Waals surface area (Å²) in [5, 5.41) is 0.866. The van der Waals surface area contributed by atoms with E-state index in [0.29, 0.717) is 0 Å². The maximum Gasteiger partial charge on any atom is 0.0492 e. The molecule has 0 radical (unpaired) electrons. The number of likely N-dealkylation sites (tertiary alicyclic amines) is 1. The molecule has 0 bridgehead atoms. The van der Waals surface area contributed by atoms with Gasteiger partial charge in [-0.1, -0.05) is 23.8 Å². The Balaban J connectivity index is 2.02. The molecule has 70 valence electrons. The largest absolute Gasteiger partial charge is 0.377 e. The van der Waals surface area contributed by atoms with Gasteiger partial charge in [-0.25, -0.2) is 0 Å². The summed E-state index contributed by atoms with van der Waals surface area (Å²) in [5.41, 5.74) is 1.16. The van der Waals surface area contributed by atoms with Crippen molar-refractivity contribution in [1.29, 1.82) is 0 Å². The predicted octanol–water partition coefficient (Wildman–Crippen LogP) is 3.05. The van der Waals surface area contributed by atoms with Crippen LogP contribution < -0.4 is 0 Å². The summed E-state index contributed by atoms with van der Waals surface area (Å²) >= 11 is 6.00. The van der Waals surface area contributed by atoms with Crippen LogP contribution in [-0.4, -0.2) is 18.0 Å². The minimum atomic E-state index is 0.866. The molecule has 0 aromatic carbocycles. The second-order valence-electron chi connectivity index (χ2n) is 3.55. The minimum absolute atomic E-state index is 0.866. The Labute approximate surface area is 84.4 Å². The molecule has 0 amide bonds. The Morgan fingerprint density at radius 1 is 1.23 bits per heavy atom. The number of rotatable bonds is 1. The van der Waals surface area contributed by atoms with Crippen LogP contribution in [0.3, 0.4) is 0 Å². The third-order valence-corrected chi connectivity index (χ3v) is 2.85. The molecule has 1 aliphatic carbocycles. The van der Waals surface area contributed by atoms with Gasteiger partial charge in [0.1, 0.15) is 0 Å². The average Bonchev–Trinajstić information content (AvgIpc) is 2.54. The smallest absolute Gasteiger partial charge is 0.0492 e. The monoisotopic (exact) mass is 195 g/mol. The number of nitrogens with zero attached hydrogens (tertiary/aromatic N) is 1. The van der Waals surface area contributed by atoms with Crippen molar-refractivity contribution < 1.29 is 0 Å². The van der Waals surface area contributed by atoms with Gasteiger partial charge < -0.3 is 4.90 Å². The van der Waals surface area contributed by atoms with Gasteiger partial charge in [-0.3, -0.25) is 0 Å². The summed E-state index contributed by atoms with van der Waals surface area (Å²) in [4.78, 5) is 2.37. The highest BCUT2D eigenvalue weighted by molar-refractivity contribution is 6.32. The summed E-state index contributed by atoms with van der Waals surface area (Å²) in [5.74, 6) is 0. The second kappa shape index (κ2) is 4.01. The predicted molar refractivity (Wildman–Crippen MR) is 56.6 cm³/mol. The summed E-state index contributed by atoms with van der Waals surface area (Å²) in [6, 6.07) is 0. The molecule has 0 aromatic heterocycles. The van der Waals surface area contributed by atoms with Gasteiger partial charge in [0, 0.05) is 29.9 Å². The molecule has 13 heavy (non-hydrogen) atoms. The number of allylic oxidation sites excluding steroid dienone is 5. The van der Waals surface area contributed by atoms with Crippen molar-refractivity contribution in [2.24, 2.45) is 0 Å². The molecular formula is C11H14ClN. The molecular weight excluding hydrogens is 182 g/mol. The zero-order chi connectivity index (χ0) is 9.10. The third-order valence-electron chi connectivity index (χ3n) is 2.51. The highest BCUT2D eigenvalue weighted by Crippen LogP contribution is 2.23. The molecule has 1 heterocycles. The molecule has 2 aliphatic rings. The van der Waals surface area contributed by atoms with Crippen molar-refractivity contribution in [2.75, 3.05) is 13.1 Å². The molecule has 2 heteroatoms. The summed E-state index contributed by atoms with van der Waals surface area (Å²) < 4.78 is 0. The van der Waals surface area contributed by atoms with E-state index in [2.05, 4.69) is 17.2 Å². The molecule has 1 aliphatic heterocycles. The maximum atomic E-state index is 6.00. The lowest BCUT2D eigenvalue weighted by atomic mass is 10.1. The molecule has 2 rings (SSSR count). The van der Waals surface area contributed by atoms with E-state index in [9.17, 15) is 0 Å². The van der Waals surface area contributed by atoms with Crippen LogP contribution in [0.25, 0.3) is 0 Å². The van der Waals surface area contributed by atoms with Crippen molar-refractivity contribution in [3.63, 3.8) is 0 Å². The Morgan fingerprint density at radius 2 is 2.00 bits per heavy atom. The van der Waals surface area contributed by atoms with Gasteiger partial charge in [-0.05, 0) is 25.3 Å². The fourth-order valence-electron chi connectivity index (χ4n) is 1.76. The first-order valence-electron chi connectivity index (χ1n) is 4.86. The maximum absolute atomic E-state index is 6.00. The van der Waals surface area contributed by atoms with Crippen molar-refractivity contribution in [1.82, 2.24) is 4.90 Å². The standard InChI is InChI=1S/C11H14ClN/c12-11-6-4-5-10(11)9-13-7-2-1-3-8-13/h4-6,9H,1-3,7-8H2. The quantitative estimate of drug-likeness (QED) is 0.622. The fourth-order valence-corrected chi connectivity index (χ4v) is 1.95. The summed E-state index contributed by atoms with van der Waals surface area (Å²) in [6.07, 6.45) is 12.2. The van der Waals surface area contributed by atoms with Gasteiger partial charge in [-0.2, -0.15) is 0 Å². The topological polar surface area (TPSA) is 3.24 Å². The van der Waals surface area contributed by atoms with Crippen molar-refractivity contribution >= 4 is 11.6 Å². The zero-order valence-corrected chi connectivity index (χ0v) is 8.43. The molecule has 0 unspecified atom stereocenters. The van der Waals surface area contributed by atoms with Crippen LogP contribution >= 0.6 is 11.6 Å². The Kier molecular flexibility index (Phi) is 2.74. The lowest BCUT2D eigenvalue weighted by Gasteiger charge is -2.25. The third kappa shape index (κ3) is 2.16. The van der Waals surface area contributed by atoms with Gasteiger partial charge in [-0.15, -0.1) is 0 Å². The lowest BCUT2D eigenvalue weighted by molar-refractivity contribution is 0.308. The Bertz CT molecular complexity index is 270. The van der Waals surface area contributed by atoms with Crippen LogP contribution in [0.1, 0.15) is 19.3 Å². The lowest BCUT2D eigenvalue weighted by Crippen LogP contribution is -2.24.